The lowest BCUT2D eigenvalue weighted by atomic mass is 10.2. The molecular formula is C15H16N2O5. The van der Waals surface area contributed by atoms with E-state index in [2.05, 4.69) is 5.32 Å². The van der Waals surface area contributed by atoms with Crippen LogP contribution in [0.5, 0.6) is 0 Å². The first kappa shape index (κ1) is 15.6. The zero-order valence-corrected chi connectivity index (χ0v) is 11.9. The molecule has 1 atom stereocenters. The number of para-hydroxylation sites is 1. The molecule has 0 radical (unpaired) electrons. The van der Waals surface area contributed by atoms with Gasteiger partial charge in [-0.2, -0.15) is 0 Å². The third-order valence-electron chi connectivity index (χ3n) is 3.33. The number of nitrogens with zero attached hydrogens (tertiary/aromatic N) is 1. The van der Waals surface area contributed by atoms with Gasteiger partial charge in [0.25, 0.3) is 0 Å². The number of rotatable bonds is 6. The van der Waals surface area contributed by atoms with Crippen LogP contribution < -0.4 is 5.32 Å². The van der Waals surface area contributed by atoms with E-state index in [0.29, 0.717) is 0 Å². The van der Waals surface area contributed by atoms with Crippen LogP contribution in [0, 0.1) is 6.92 Å². The van der Waals surface area contributed by atoms with Crippen molar-refractivity contribution < 1.29 is 24.6 Å². The quantitative estimate of drug-likeness (QED) is 0.737. The van der Waals surface area contributed by atoms with Gasteiger partial charge in [-0.3, -0.25) is 9.59 Å². The summed E-state index contributed by atoms with van der Waals surface area (Å²) in [5, 5.41) is 20.8. The molecule has 0 aliphatic heterocycles. The number of nitrogens with one attached hydrogen (secondary N) is 1. The van der Waals surface area contributed by atoms with Gasteiger partial charge in [0, 0.05) is 11.2 Å². The molecule has 1 aromatic heterocycles. The molecule has 0 bridgehead atoms. The van der Waals surface area contributed by atoms with E-state index in [1.165, 1.54) is 0 Å². The first-order chi connectivity index (χ1) is 10.4. The molecule has 2 aromatic rings. The molecule has 22 heavy (non-hydrogen) atoms. The van der Waals surface area contributed by atoms with Gasteiger partial charge in [0.05, 0.1) is 6.42 Å². The first-order valence-corrected chi connectivity index (χ1v) is 6.67. The average molecular weight is 304 g/mol. The smallest absolute Gasteiger partial charge is 0.326 e. The highest BCUT2D eigenvalue weighted by Gasteiger charge is 2.23. The predicted molar refractivity (Wildman–Crippen MR) is 78.5 cm³/mol. The topological polar surface area (TPSA) is 109 Å². The summed E-state index contributed by atoms with van der Waals surface area (Å²) in [4.78, 5) is 33.6. The summed E-state index contributed by atoms with van der Waals surface area (Å²) < 4.78 is 1.75. The SMILES string of the molecule is Cc1cc2ccccc2n1CC(=O)N[C@H](CC(=O)O)C(=O)O. The second-order valence-electron chi connectivity index (χ2n) is 4.99. The van der Waals surface area contributed by atoms with Crippen molar-refractivity contribution in [3.8, 4) is 0 Å². The minimum absolute atomic E-state index is 0.0667. The van der Waals surface area contributed by atoms with Crippen molar-refractivity contribution in [2.75, 3.05) is 0 Å². The number of carboxylic acids is 2. The van der Waals surface area contributed by atoms with Gasteiger partial charge < -0.3 is 20.1 Å². The molecule has 0 fully saturated rings. The van der Waals surface area contributed by atoms with Crippen molar-refractivity contribution in [1.82, 2.24) is 9.88 Å². The normalized spacial score (nSPS) is 12.0. The number of fused-ring (bicyclic) bond motifs is 1. The summed E-state index contributed by atoms with van der Waals surface area (Å²) in [6.45, 7) is 1.78. The van der Waals surface area contributed by atoms with E-state index >= 15 is 0 Å². The van der Waals surface area contributed by atoms with E-state index in [0.717, 1.165) is 16.6 Å². The van der Waals surface area contributed by atoms with E-state index in [9.17, 15) is 14.4 Å². The number of amides is 1. The van der Waals surface area contributed by atoms with Gasteiger partial charge in [0.1, 0.15) is 12.6 Å². The van der Waals surface area contributed by atoms with E-state index in [-0.39, 0.29) is 6.54 Å². The van der Waals surface area contributed by atoms with Gasteiger partial charge in [-0.05, 0) is 24.4 Å². The maximum Gasteiger partial charge on any atom is 0.326 e. The van der Waals surface area contributed by atoms with Crippen LogP contribution >= 0.6 is 0 Å². The maximum atomic E-state index is 12.0. The molecule has 1 heterocycles. The van der Waals surface area contributed by atoms with E-state index in [4.69, 9.17) is 10.2 Å². The Morgan fingerprint density at radius 1 is 1.23 bits per heavy atom. The van der Waals surface area contributed by atoms with Crippen molar-refractivity contribution in [1.29, 1.82) is 0 Å². The van der Waals surface area contributed by atoms with E-state index in [1.54, 1.807) is 4.57 Å². The third-order valence-corrected chi connectivity index (χ3v) is 3.33. The highest BCUT2D eigenvalue weighted by atomic mass is 16.4. The molecule has 2 rings (SSSR count). The molecular weight excluding hydrogens is 288 g/mol. The van der Waals surface area contributed by atoms with Gasteiger partial charge in [-0.25, -0.2) is 4.79 Å². The van der Waals surface area contributed by atoms with Crippen molar-refractivity contribution in [2.45, 2.75) is 25.9 Å². The van der Waals surface area contributed by atoms with Gasteiger partial charge >= 0.3 is 11.9 Å². The van der Waals surface area contributed by atoms with Crippen molar-refractivity contribution in [3.63, 3.8) is 0 Å². The van der Waals surface area contributed by atoms with Crippen molar-refractivity contribution in [3.05, 3.63) is 36.0 Å². The zero-order chi connectivity index (χ0) is 16.3. The number of aryl methyl sites for hydroxylation is 1. The Labute approximate surface area is 126 Å². The summed E-state index contributed by atoms with van der Waals surface area (Å²) in [6.07, 6.45) is -0.660. The van der Waals surface area contributed by atoms with Crippen LogP contribution in [0.25, 0.3) is 10.9 Å². The minimum atomic E-state index is -1.44. The van der Waals surface area contributed by atoms with Crippen molar-refractivity contribution >= 4 is 28.7 Å². The average Bonchev–Trinajstić information content (AvgIpc) is 2.74. The number of aromatic nitrogens is 1. The van der Waals surface area contributed by atoms with E-state index in [1.807, 2.05) is 37.3 Å². The van der Waals surface area contributed by atoms with Gasteiger partial charge in [0.2, 0.25) is 5.91 Å². The molecule has 0 saturated carbocycles. The van der Waals surface area contributed by atoms with Crippen LogP contribution in [0.2, 0.25) is 0 Å². The fourth-order valence-corrected chi connectivity index (χ4v) is 2.32. The highest BCUT2D eigenvalue weighted by Crippen LogP contribution is 2.18. The molecule has 0 saturated heterocycles. The molecule has 7 heteroatoms. The fourth-order valence-electron chi connectivity index (χ4n) is 2.32. The summed E-state index contributed by atoms with van der Waals surface area (Å²) in [7, 11) is 0. The summed E-state index contributed by atoms with van der Waals surface area (Å²) in [6, 6.07) is 8.00. The molecule has 1 aromatic carbocycles. The number of aliphatic carboxylic acids is 2. The first-order valence-electron chi connectivity index (χ1n) is 6.67. The van der Waals surface area contributed by atoms with Crippen LogP contribution in [0.4, 0.5) is 0 Å². The molecule has 7 nitrogen and oxygen atoms in total. The third kappa shape index (κ3) is 3.43. The standard InChI is InChI=1S/C15H16N2O5/c1-9-6-10-4-2-3-5-12(10)17(9)8-13(18)16-11(15(21)22)7-14(19)20/h2-6,11H,7-8H2,1H3,(H,16,18)(H,19,20)(H,21,22)/t11-/m1/s1. The molecule has 0 unspecified atom stereocenters. The fraction of sp³-hybridized carbons (Fsp3) is 0.267. The number of carbonyl (C=O) groups is 3. The molecule has 116 valence electrons. The zero-order valence-electron chi connectivity index (χ0n) is 11.9. The van der Waals surface area contributed by atoms with Crippen molar-refractivity contribution in [2.24, 2.45) is 0 Å². The number of carboxylic acid groups (broad SMARTS) is 2. The second kappa shape index (κ2) is 6.30. The Kier molecular flexibility index (Phi) is 4.45. The predicted octanol–water partition coefficient (Wildman–Crippen LogP) is 0.994. The highest BCUT2D eigenvalue weighted by molar-refractivity contribution is 5.88. The maximum absolute atomic E-state index is 12.0. The number of carbonyl (C=O) groups excluding carboxylic acids is 1. The molecule has 0 aliphatic carbocycles. The van der Waals surface area contributed by atoms with E-state index < -0.39 is 30.3 Å². The van der Waals surface area contributed by atoms with Crippen LogP contribution in [0.3, 0.4) is 0 Å². The lowest BCUT2D eigenvalue weighted by molar-refractivity contribution is -0.147. The van der Waals surface area contributed by atoms with Crippen LogP contribution in [0.15, 0.2) is 30.3 Å². The van der Waals surface area contributed by atoms with Crippen LogP contribution in [0.1, 0.15) is 12.1 Å². The molecule has 3 N–H and O–H groups in total. The monoisotopic (exact) mass is 304 g/mol. The Hall–Kier alpha value is -2.83. The largest absolute Gasteiger partial charge is 0.481 e. The lowest BCUT2D eigenvalue weighted by Crippen LogP contribution is -2.43. The summed E-state index contributed by atoms with van der Waals surface area (Å²) in [5.41, 5.74) is 1.72. The van der Waals surface area contributed by atoms with Gasteiger partial charge in [0.15, 0.2) is 0 Å². The number of benzene rings is 1. The number of hydrogen-bond donors (Lipinski definition) is 3. The second-order valence-corrected chi connectivity index (χ2v) is 4.99. The Bertz CT molecular complexity index is 735. The Morgan fingerprint density at radius 3 is 2.55 bits per heavy atom. The Balaban J connectivity index is 2.15. The van der Waals surface area contributed by atoms with Crippen LogP contribution in [-0.2, 0) is 20.9 Å². The summed E-state index contributed by atoms with van der Waals surface area (Å²) >= 11 is 0. The number of hydrogen-bond acceptors (Lipinski definition) is 3. The molecule has 1 amide bonds. The summed E-state index contributed by atoms with van der Waals surface area (Å²) in [5.74, 6) is -3.20. The Morgan fingerprint density at radius 2 is 1.91 bits per heavy atom. The van der Waals surface area contributed by atoms with Crippen LogP contribution in [-0.4, -0.2) is 38.7 Å². The molecule has 0 spiro atoms. The lowest BCUT2D eigenvalue weighted by Gasteiger charge is -2.14. The van der Waals surface area contributed by atoms with Gasteiger partial charge in [-0.1, -0.05) is 18.2 Å². The minimum Gasteiger partial charge on any atom is -0.481 e. The molecule has 0 aliphatic rings. The van der Waals surface area contributed by atoms with Gasteiger partial charge in [-0.15, -0.1) is 0 Å².